The van der Waals surface area contributed by atoms with Gasteiger partial charge in [0.1, 0.15) is 5.75 Å². The number of benzene rings is 1. The monoisotopic (exact) mass is 275 g/mol. The van der Waals surface area contributed by atoms with Gasteiger partial charge in [-0.15, -0.1) is 0 Å². The van der Waals surface area contributed by atoms with Gasteiger partial charge in [0.2, 0.25) is 0 Å². The van der Waals surface area contributed by atoms with Crippen LogP contribution in [0.3, 0.4) is 0 Å². The first-order valence-corrected chi connectivity index (χ1v) is 8.03. The summed E-state index contributed by atoms with van der Waals surface area (Å²) >= 11 is 0. The Morgan fingerprint density at radius 3 is 2.90 bits per heavy atom. The van der Waals surface area contributed by atoms with Gasteiger partial charge in [-0.1, -0.05) is 39.0 Å². The Labute approximate surface area is 123 Å². The molecule has 1 aliphatic heterocycles. The van der Waals surface area contributed by atoms with Gasteiger partial charge in [-0.05, 0) is 50.1 Å². The first-order chi connectivity index (χ1) is 9.54. The Hall–Kier alpha value is -1.02. The van der Waals surface area contributed by atoms with Gasteiger partial charge in [0.05, 0.1) is 6.61 Å². The highest BCUT2D eigenvalue weighted by molar-refractivity contribution is 5.46. The van der Waals surface area contributed by atoms with Gasteiger partial charge < -0.3 is 10.1 Å². The van der Waals surface area contributed by atoms with Crippen molar-refractivity contribution in [3.63, 3.8) is 0 Å². The molecule has 0 saturated heterocycles. The lowest BCUT2D eigenvalue weighted by atomic mass is 9.77. The van der Waals surface area contributed by atoms with Gasteiger partial charge in [-0.2, -0.15) is 0 Å². The molecule has 1 aromatic rings. The number of hydrogen-bond donors (Lipinski definition) is 1. The van der Waals surface area contributed by atoms with E-state index in [2.05, 4.69) is 51.2 Å². The first kappa shape index (κ1) is 15.4. The van der Waals surface area contributed by atoms with Crippen molar-refractivity contribution in [3.8, 4) is 5.75 Å². The zero-order chi connectivity index (χ0) is 14.6. The zero-order valence-electron chi connectivity index (χ0n) is 13.5. The fourth-order valence-electron chi connectivity index (χ4n) is 3.26. The largest absolute Gasteiger partial charge is 0.493 e. The normalized spacial score (nSPS) is 16.4. The van der Waals surface area contributed by atoms with Crippen molar-refractivity contribution in [2.45, 2.75) is 64.8 Å². The summed E-state index contributed by atoms with van der Waals surface area (Å²) in [6.07, 6.45) is 4.62. The Balaban J connectivity index is 2.16. The Kier molecular flexibility index (Phi) is 5.09. The van der Waals surface area contributed by atoms with Crippen LogP contribution in [0, 0.1) is 0 Å². The molecule has 0 amide bonds. The molecule has 0 spiro atoms. The number of ether oxygens (including phenoxy) is 1. The van der Waals surface area contributed by atoms with E-state index in [9.17, 15) is 0 Å². The predicted molar refractivity (Wildman–Crippen MR) is 85.7 cm³/mol. The van der Waals surface area contributed by atoms with Crippen LogP contribution in [0.25, 0.3) is 0 Å². The molecule has 0 bridgehead atoms. The van der Waals surface area contributed by atoms with Gasteiger partial charge in [-0.25, -0.2) is 0 Å². The van der Waals surface area contributed by atoms with Crippen molar-refractivity contribution in [3.05, 3.63) is 29.3 Å². The Bertz CT molecular complexity index is 439. The number of rotatable bonds is 6. The van der Waals surface area contributed by atoms with Crippen LogP contribution in [0.5, 0.6) is 5.75 Å². The standard InChI is InChI=1S/C18H29NO/c1-5-11-19-14(2)13-18(3,4)16-10-6-8-15-9-7-12-20-17(15)16/h6,8,10,14,19H,5,7,9,11-13H2,1-4H3. The minimum Gasteiger partial charge on any atom is -0.493 e. The Morgan fingerprint density at radius 2 is 2.15 bits per heavy atom. The number of para-hydroxylation sites is 1. The van der Waals surface area contributed by atoms with E-state index in [0.29, 0.717) is 6.04 Å². The lowest BCUT2D eigenvalue weighted by Crippen LogP contribution is -2.34. The molecule has 0 fully saturated rings. The summed E-state index contributed by atoms with van der Waals surface area (Å²) in [7, 11) is 0. The predicted octanol–water partition coefficient (Wildman–Crippen LogP) is 4.07. The summed E-state index contributed by atoms with van der Waals surface area (Å²) < 4.78 is 5.98. The van der Waals surface area contributed by atoms with Gasteiger partial charge in [0.15, 0.2) is 0 Å². The van der Waals surface area contributed by atoms with Crippen molar-refractivity contribution < 1.29 is 4.74 Å². The topological polar surface area (TPSA) is 21.3 Å². The molecule has 1 aliphatic rings. The summed E-state index contributed by atoms with van der Waals surface area (Å²) in [5, 5.41) is 3.60. The third kappa shape index (κ3) is 3.54. The molecule has 0 aliphatic carbocycles. The summed E-state index contributed by atoms with van der Waals surface area (Å²) in [6, 6.07) is 7.18. The molecule has 1 unspecified atom stereocenters. The molecular formula is C18H29NO. The van der Waals surface area contributed by atoms with Crippen LogP contribution < -0.4 is 10.1 Å². The van der Waals surface area contributed by atoms with Crippen LogP contribution in [-0.2, 0) is 11.8 Å². The van der Waals surface area contributed by atoms with Gasteiger partial charge in [0, 0.05) is 11.6 Å². The fourth-order valence-corrected chi connectivity index (χ4v) is 3.26. The molecule has 1 N–H and O–H groups in total. The molecule has 1 heterocycles. The van der Waals surface area contributed by atoms with E-state index in [1.807, 2.05) is 0 Å². The Morgan fingerprint density at radius 1 is 1.35 bits per heavy atom. The molecule has 1 aromatic carbocycles. The molecule has 2 nitrogen and oxygen atoms in total. The fraction of sp³-hybridized carbons (Fsp3) is 0.667. The lowest BCUT2D eigenvalue weighted by Gasteiger charge is -2.32. The first-order valence-electron chi connectivity index (χ1n) is 8.03. The van der Waals surface area contributed by atoms with E-state index in [0.717, 1.165) is 38.2 Å². The van der Waals surface area contributed by atoms with Crippen LogP contribution >= 0.6 is 0 Å². The second-order valence-corrected chi connectivity index (χ2v) is 6.69. The van der Waals surface area contributed by atoms with Crippen LogP contribution in [0.15, 0.2) is 18.2 Å². The average Bonchev–Trinajstić information content (AvgIpc) is 2.44. The average molecular weight is 275 g/mol. The lowest BCUT2D eigenvalue weighted by molar-refractivity contribution is 0.274. The maximum Gasteiger partial charge on any atom is 0.126 e. The van der Waals surface area contributed by atoms with Crippen molar-refractivity contribution in [1.29, 1.82) is 0 Å². The van der Waals surface area contributed by atoms with Crippen LogP contribution in [0.2, 0.25) is 0 Å². The SMILES string of the molecule is CCCNC(C)CC(C)(C)c1cccc2c1OCCC2. The second-order valence-electron chi connectivity index (χ2n) is 6.69. The number of hydrogen-bond acceptors (Lipinski definition) is 2. The van der Waals surface area contributed by atoms with E-state index in [-0.39, 0.29) is 5.41 Å². The van der Waals surface area contributed by atoms with Gasteiger partial charge in [0.25, 0.3) is 0 Å². The summed E-state index contributed by atoms with van der Waals surface area (Å²) in [6.45, 7) is 11.1. The van der Waals surface area contributed by atoms with E-state index < -0.39 is 0 Å². The maximum atomic E-state index is 5.98. The van der Waals surface area contributed by atoms with E-state index in [1.54, 1.807) is 0 Å². The maximum absolute atomic E-state index is 5.98. The molecule has 20 heavy (non-hydrogen) atoms. The van der Waals surface area contributed by atoms with E-state index in [1.165, 1.54) is 17.5 Å². The molecule has 112 valence electrons. The zero-order valence-corrected chi connectivity index (χ0v) is 13.5. The van der Waals surface area contributed by atoms with Crippen LogP contribution in [-0.4, -0.2) is 19.2 Å². The number of fused-ring (bicyclic) bond motifs is 1. The molecule has 2 heteroatoms. The number of aryl methyl sites for hydroxylation is 1. The highest BCUT2D eigenvalue weighted by atomic mass is 16.5. The quantitative estimate of drug-likeness (QED) is 0.845. The van der Waals surface area contributed by atoms with E-state index >= 15 is 0 Å². The minimum atomic E-state index is 0.142. The second kappa shape index (κ2) is 6.62. The molecule has 0 radical (unpaired) electrons. The third-order valence-corrected chi connectivity index (χ3v) is 4.22. The smallest absolute Gasteiger partial charge is 0.126 e. The van der Waals surface area contributed by atoms with Crippen molar-refractivity contribution in [2.24, 2.45) is 0 Å². The van der Waals surface area contributed by atoms with E-state index in [4.69, 9.17) is 4.74 Å². The van der Waals surface area contributed by atoms with Crippen LogP contribution in [0.4, 0.5) is 0 Å². The third-order valence-electron chi connectivity index (χ3n) is 4.22. The summed E-state index contributed by atoms with van der Waals surface area (Å²) in [5.74, 6) is 1.16. The summed E-state index contributed by atoms with van der Waals surface area (Å²) in [5.41, 5.74) is 2.90. The number of nitrogens with one attached hydrogen (secondary N) is 1. The molecule has 1 atom stereocenters. The van der Waals surface area contributed by atoms with Crippen molar-refractivity contribution in [2.75, 3.05) is 13.2 Å². The highest BCUT2D eigenvalue weighted by Crippen LogP contribution is 2.39. The highest BCUT2D eigenvalue weighted by Gasteiger charge is 2.28. The van der Waals surface area contributed by atoms with Crippen molar-refractivity contribution >= 4 is 0 Å². The summed E-state index contributed by atoms with van der Waals surface area (Å²) in [4.78, 5) is 0. The molecule has 0 aromatic heterocycles. The van der Waals surface area contributed by atoms with Gasteiger partial charge >= 0.3 is 0 Å². The molecule has 0 saturated carbocycles. The van der Waals surface area contributed by atoms with Crippen LogP contribution in [0.1, 0.15) is 58.1 Å². The minimum absolute atomic E-state index is 0.142. The molecular weight excluding hydrogens is 246 g/mol. The van der Waals surface area contributed by atoms with Crippen molar-refractivity contribution in [1.82, 2.24) is 5.32 Å². The molecule has 2 rings (SSSR count). The van der Waals surface area contributed by atoms with Gasteiger partial charge in [-0.3, -0.25) is 0 Å².